The summed E-state index contributed by atoms with van der Waals surface area (Å²) in [6.45, 7) is 7.31. The lowest BCUT2D eigenvalue weighted by atomic mass is 10.1. The molecule has 0 N–H and O–H groups in total. The van der Waals surface area contributed by atoms with E-state index in [1.54, 1.807) is 0 Å². The third-order valence-electron chi connectivity index (χ3n) is 9.18. The first-order valence-electron chi connectivity index (χ1n) is 23.7. The Labute approximate surface area is 369 Å². The molecule has 1 atom stereocenters. The Morgan fingerprint density at radius 3 is 1.30 bits per heavy atom. The zero-order valence-electron chi connectivity index (χ0n) is 38.4. The molecule has 336 valence electrons. The van der Waals surface area contributed by atoms with Gasteiger partial charge < -0.3 is 14.2 Å². The molecule has 0 radical (unpaired) electrons. The van der Waals surface area contributed by atoms with E-state index in [1.807, 2.05) is 12.2 Å². The Balaban J connectivity index is 4.50. The Kier molecular flexibility index (Phi) is 46.1. The molecule has 0 saturated heterocycles. The molecule has 5 heteroatoms. The molecular formula is C55H86O5. The number of rotatable bonds is 41. The quantitative estimate of drug-likeness (QED) is 0.0349. The first-order valence-corrected chi connectivity index (χ1v) is 23.7. The van der Waals surface area contributed by atoms with Crippen molar-refractivity contribution in [2.75, 3.05) is 19.8 Å². The minimum absolute atomic E-state index is 0.00108. The molecule has 0 aromatic rings. The largest absolute Gasteiger partial charge is 0.461 e. The Morgan fingerprint density at radius 1 is 0.400 bits per heavy atom. The van der Waals surface area contributed by atoms with E-state index in [9.17, 15) is 9.59 Å². The van der Waals surface area contributed by atoms with Crippen molar-refractivity contribution in [3.63, 3.8) is 0 Å². The van der Waals surface area contributed by atoms with Gasteiger partial charge in [-0.1, -0.05) is 187 Å². The molecule has 0 aromatic carbocycles. The van der Waals surface area contributed by atoms with Crippen LogP contribution >= 0.6 is 0 Å². The SMILES string of the molecule is CC/C=C\C/C=C\C/C=C\C/C=C\C/C=C\CCCCOCC(COC(=O)C/C=C\C/C=C\C/C=C\C/C=C\C/C=C\CC)OC(=O)CCCCCCC/C=C\CCCC. The molecule has 0 spiro atoms. The van der Waals surface area contributed by atoms with Crippen LogP contribution < -0.4 is 0 Å². The number of allylic oxidation sites excluding steroid dienone is 21. The van der Waals surface area contributed by atoms with Gasteiger partial charge in [-0.2, -0.15) is 0 Å². The summed E-state index contributed by atoms with van der Waals surface area (Å²) in [6.07, 6.45) is 70.6. The minimum Gasteiger partial charge on any atom is -0.461 e. The fourth-order valence-corrected chi connectivity index (χ4v) is 5.71. The first-order chi connectivity index (χ1) is 29.6. The smallest absolute Gasteiger partial charge is 0.309 e. The lowest BCUT2D eigenvalue weighted by Gasteiger charge is -2.18. The van der Waals surface area contributed by atoms with Crippen molar-refractivity contribution < 1.29 is 23.8 Å². The zero-order valence-corrected chi connectivity index (χ0v) is 38.4. The van der Waals surface area contributed by atoms with Gasteiger partial charge in [-0.25, -0.2) is 0 Å². The molecule has 0 rings (SSSR count). The molecule has 1 unspecified atom stereocenters. The molecule has 5 nitrogen and oxygen atoms in total. The maximum atomic E-state index is 12.7. The lowest BCUT2D eigenvalue weighted by Crippen LogP contribution is -2.30. The van der Waals surface area contributed by atoms with E-state index < -0.39 is 6.10 Å². The summed E-state index contributed by atoms with van der Waals surface area (Å²) in [4.78, 5) is 25.2. The van der Waals surface area contributed by atoms with Crippen molar-refractivity contribution >= 4 is 11.9 Å². The highest BCUT2D eigenvalue weighted by molar-refractivity contribution is 5.71. The molecule has 0 bridgehead atoms. The summed E-state index contributed by atoms with van der Waals surface area (Å²) in [5.74, 6) is -0.593. The van der Waals surface area contributed by atoms with Crippen LogP contribution in [-0.4, -0.2) is 37.9 Å². The van der Waals surface area contributed by atoms with E-state index in [4.69, 9.17) is 14.2 Å². The Hall–Kier alpha value is -3.96. The van der Waals surface area contributed by atoms with Gasteiger partial charge in [-0.15, -0.1) is 0 Å². The minimum atomic E-state index is -0.611. The summed E-state index contributed by atoms with van der Waals surface area (Å²) < 4.78 is 17.2. The van der Waals surface area contributed by atoms with Crippen LogP contribution in [0.3, 0.4) is 0 Å². The van der Waals surface area contributed by atoms with Gasteiger partial charge in [-0.3, -0.25) is 9.59 Å². The van der Waals surface area contributed by atoms with E-state index >= 15 is 0 Å². The topological polar surface area (TPSA) is 61.8 Å². The number of ether oxygens (including phenoxy) is 3. The van der Waals surface area contributed by atoms with Gasteiger partial charge in [-0.05, 0) is 109 Å². The van der Waals surface area contributed by atoms with Crippen LogP contribution in [0.2, 0.25) is 0 Å². The fraction of sp³-hybridized carbons (Fsp3) is 0.564. The maximum absolute atomic E-state index is 12.7. The lowest BCUT2D eigenvalue weighted by molar-refractivity contribution is -0.162. The molecular weight excluding hydrogens is 741 g/mol. The summed E-state index contributed by atoms with van der Waals surface area (Å²) in [5, 5.41) is 0. The number of hydrogen-bond donors (Lipinski definition) is 0. The summed E-state index contributed by atoms with van der Waals surface area (Å²) >= 11 is 0. The predicted molar refractivity (Wildman–Crippen MR) is 260 cm³/mol. The third kappa shape index (κ3) is 46.7. The number of carbonyl (C=O) groups is 2. The van der Waals surface area contributed by atoms with Crippen molar-refractivity contribution in [1.82, 2.24) is 0 Å². The highest BCUT2D eigenvalue weighted by Gasteiger charge is 2.17. The summed E-state index contributed by atoms with van der Waals surface area (Å²) in [7, 11) is 0. The molecule has 0 fully saturated rings. The average molecular weight is 827 g/mol. The number of esters is 2. The van der Waals surface area contributed by atoms with E-state index in [0.29, 0.717) is 13.0 Å². The van der Waals surface area contributed by atoms with Crippen LogP contribution in [0, 0.1) is 0 Å². The molecule has 0 saturated carbocycles. The molecule has 0 heterocycles. The molecule has 0 amide bonds. The maximum Gasteiger partial charge on any atom is 0.309 e. The van der Waals surface area contributed by atoms with Crippen LogP contribution in [-0.2, 0) is 23.8 Å². The average Bonchev–Trinajstić information content (AvgIpc) is 3.25. The van der Waals surface area contributed by atoms with Crippen LogP contribution in [0.25, 0.3) is 0 Å². The monoisotopic (exact) mass is 827 g/mol. The third-order valence-corrected chi connectivity index (χ3v) is 9.18. The van der Waals surface area contributed by atoms with Crippen LogP contribution in [0.4, 0.5) is 0 Å². The van der Waals surface area contributed by atoms with Gasteiger partial charge in [0.1, 0.15) is 6.61 Å². The van der Waals surface area contributed by atoms with Gasteiger partial charge in [0.05, 0.1) is 13.0 Å². The van der Waals surface area contributed by atoms with Crippen molar-refractivity contribution in [2.24, 2.45) is 0 Å². The Bertz CT molecular complexity index is 1300. The standard InChI is InChI=1S/C55H86O5/c1-4-7-10-13-16-19-22-24-26-27-28-30-32-35-38-41-44-47-50-58-51-53(60-55(57)49-46-43-40-37-33-21-18-15-12-9-6-3)52-59-54(56)48-45-42-39-36-34-31-29-25-23-20-17-14-11-8-5-2/h7-8,10-11,15-20,24-26,28-30,34-36,38,42,45,53H,4-6,9,12-14,21-23,27,31-33,37,39-41,43-44,46-52H2,1-3H3/b10-7-,11-8-,18-15-,19-16-,20-17-,26-24-,29-25-,30-28-,36-34-,38-35-,45-42-. The van der Waals surface area contributed by atoms with Gasteiger partial charge in [0.2, 0.25) is 0 Å². The first kappa shape index (κ1) is 56.0. The van der Waals surface area contributed by atoms with Crippen LogP contribution in [0.15, 0.2) is 134 Å². The summed E-state index contributed by atoms with van der Waals surface area (Å²) in [6, 6.07) is 0. The zero-order chi connectivity index (χ0) is 43.5. The number of hydrogen-bond acceptors (Lipinski definition) is 5. The van der Waals surface area contributed by atoms with Crippen molar-refractivity contribution in [3.8, 4) is 0 Å². The van der Waals surface area contributed by atoms with E-state index in [0.717, 1.165) is 109 Å². The van der Waals surface area contributed by atoms with Gasteiger partial charge in [0, 0.05) is 13.0 Å². The molecule has 0 aromatic heterocycles. The normalized spacial score (nSPS) is 13.4. The van der Waals surface area contributed by atoms with Crippen molar-refractivity contribution in [2.45, 2.75) is 181 Å². The molecule has 0 aliphatic carbocycles. The van der Waals surface area contributed by atoms with Gasteiger partial charge >= 0.3 is 11.9 Å². The van der Waals surface area contributed by atoms with Crippen molar-refractivity contribution in [3.05, 3.63) is 134 Å². The molecule has 0 aliphatic heterocycles. The van der Waals surface area contributed by atoms with E-state index in [1.165, 1.54) is 32.1 Å². The molecule has 0 aliphatic rings. The predicted octanol–water partition coefficient (Wildman–Crippen LogP) is 16.0. The van der Waals surface area contributed by atoms with Gasteiger partial charge in [0.25, 0.3) is 0 Å². The number of carbonyl (C=O) groups excluding carboxylic acids is 2. The second kappa shape index (κ2) is 49.4. The fourth-order valence-electron chi connectivity index (χ4n) is 5.71. The van der Waals surface area contributed by atoms with E-state index in [2.05, 4.69) is 142 Å². The van der Waals surface area contributed by atoms with Crippen LogP contribution in [0.5, 0.6) is 0 Å². The van der Waals surface area contributed by atoms with Crippen LogP contribution in [0.1, 0.15) is 175 Å². The second-order valence-corrected chi connectivity index (χ2v) is 14.9. The summed E-state index contributed by atoms with van der Waals surface area (Å²) in [5.41, 5.74) is 0. The molecule has 60 heavy (non-hydrogen) atoms. The van der Waals surface area contributed by atoms with Gasteiger partial charge in [0.15, 0.2) is 6.10 Å². The highest BCUT2D eigenvalue weighted by Crippen LogP contribution is 2.11. The Morgan fingerprint density at radius 2 is 0.800 bits per heavy atom. The van der Waals surface area contributed by atoms with E-state index in [-0.39, 0.29) is 31.6 Å². The second-order valence-electron chi connectivity index (χ2n) is 14.9. The van der Waals surface area contributed by atoms with Crippen molar-refractivity contribution in [1.29, 1.82) is 0 Å². The number of unbranched alkanes of at least 4 members (excludes halogenated alkanes) is 9. The highest BCUT2D eigenvalue weighted by atomic mass is 16.6.